The van der Waals surface area contributed by atoms with E-state index in [1.807, 2.05) is 29.2 Å². The van der Waals surface area contributed by atoms with Crippen LogP contribution in [0.2, 0.25) is 5.02 Å². The number of nitrogens with one attached hydrogen (secondary N) is 2. The molecule has 0 spiro atoms. The van der Waals surface area contributed by atoms with E-state index in [2.05, 4.69) is 10.6 Å². The largest absolute Gasteiger partial charge is 0.352 e. The molecule has 1 fully saturated rings. The summed E-state index contributed by atoms with van der Waals surface area (Å²) in [5.41, 5.74) is 2.07. The first-order valence-corrected chi connectivity index (χ1v) is 11.0. The number of amides is 3. The lowest BCUT2D eigenvalue weighted by molar-refractivity contribution is -0.121. The first-order valence-electron chi connectivity index (χ1n) is 10.6. The van der Waals surface area contributed by atoms with Gasteiger partial charge in [-0.15, -0.1) is 0 Å². The Hall–Kier alpha value is -2.86. The number of likely N-dealkylation sites (tertiary alicyclic amines) is 1. The highest BCUT2D eigenvalue weighted by molar-refractivity contribution is 6.31. The van der Waals surface area contributed by atoms with Crippen LogP contribution in [-0.4, -0.2) is 35.7 Å². The Morgan fingerprint density at radius 3 is 2.71 bits per heavy atom. The minimum atomic E-state index is -0.171. The van der Waals surface area contributed by atoms with Crippen molar-refractivity contribution in [3.8, 4) is 0 Å². The van der Waals surface area contributed by atoms with E-state index in [1.165, 1.54) is 6.92 Å². The summed E-state index contributed by atoms with van der Waals surface area (Å²) in [6, 6.07) is 14.5. The number of benzene rings is 2. The van der Waals surface area contributed by atoms with Crippen LogP contribution in [0.25, 0.3) is 0 Å². The zero-order valence-electron chi connectivity index (χ0n) is 17.7. The van der Waals surface area contributed by atoms with Gasteiger partial charge in [0.25, 0.3) is 5.91 Å². The van der Waals surface area contributed by atoms with Gasteiger partial charge in [-0.25, -0.2) is 0 Å². The van der Waals surface area contributed by atoms with Crippen molar-refractivity contribution in [2.45, 2.75) is 39.2 Å². The number of nitrogens with zero attached hydrogens (tertiary/aromatic N) is 1. The highest BCUT2D eigenvalue weighted by atomic mass is 35.5. The molecule has 31 heavy (non-hydrogen) atoms. The van der Waals surface area contributed by atoms with Gasteiger partial charge in [-0.3, -0.25) is 14.4 Å². The first-order chi connectivity index (χ1) is 14.9. The van der Waals surface area contributed by atoms with Crippen LogP contribution >= 0.6 is 11.6 Å². The van der Waals surface area contributed by atoms with Crippen molar-refractivity contribution in [3.63, 3.8) is 0 Å². The van der Waals surface area contributed by atoms with Gasteiger partial charge < -0.3 is 15.5 Å². The van der Waals surface area contributed by atoms with E-state index >= 15 is 0 Å². The third kappa shape index (κ3) is 6.82. The lowest BCUT2D eigenvalue weighted by atomic mass is 9.92. The monoisotopic (exact) mass is 441 g/mol. The van der Waals surface area contributed by atoms with Crippen molar-refractivity contribution in [2.24, 2.45) is 5.92 Å². The Bertz CT molecular complexity index is 947. The van der Waals surface area contributed by atoms with Gasteiger partial charge in [0.05, 0.1) is 0 Å². The molecule has 7 heteroatoms. The smallest absolute Gasteiger partial charge is 0.253 e. The maximum absolute atomic E-state index is 12.9. The van der Waals surface area contributed by atoms with E-state index in [9.17, 15) is 14.4 Å². The van der Waals surface area contributed by atoms with E-state index in [0.717, 1.165) is 24.8 Å². The van der Waals surface area contributed by atoms with Crippen molar-refractivity contribution in [3.05, 3.63) is 64.7 Å². The second-order valence-electron chi connectivity index (χ2n) is 7.93. The number of carbonyl (C=O) groups excluding carboxylic acids is 3. The van der Waals surface area contributed by atoms with Gasteiger partial charge in [0.2, 0.25) is 11.8 Å². The molecule has 1 atom stereocenters. The van der Waals surface area contributed by atoms with Crippen LogP contribution in [0, 0.1) is 5.92 Å². The third-order valence-corrected chi connectivity index (χ3v) is 5.82. The SMILES string of the molecule is CC(=O)Nc1cccc(C(=O)N2CCCC(CCC(=O)NCc3ccccc3Cl)C2)c1. The summed E-state index contributed by atoms with van der Waals surface area (Å²) in [4.78, 5) is 38.3. The van der Waals surface area contributed by atoms with Gasteiger partial charge in [-0.2, -0.15) is 0 Å². The molecule has 1 aliphatic rings. The van der Waals surface area contributed by atoms with Crippen molar-refractivity contribution >= 4 is 35.0 Å². The normalized spacial score (nSPS) is 15.9. The molecule has 0 aliphatic carbocycles. The molecule has 3 amide bonds. The Morgan fingerprint density at radius 1 is 1.13 bits per heavy atom. The van der Waals surface area contributed by atoms with Crippen LogP contribution in [0.1, 0.15) is 48.5 Å². The number of hydrogen-bond donors (Lipinski definition) is 2. The summed E-state index contributed by atoms with van der Waals surface area (Å²) in [5.74, 6) is 0.0733. The van der Waals surface area contributed by atoms with Gasteiger partial charge in [0.15, 0.2) is 0 Å². The third-order valence-electron chi connectivity index (χ3n) is 5.45. The molecule has 2 aromatic carbocycles. The minimum absolute atomic E-state index is 0.00798. The fourth-order valence-corrected chi connectivity index (χ4v) is 4.06. The molecule has 1 aliphatic heterocycles. The van der Waals surface area contributed by atoms with Crippen molar-refractivity contribution < 1.29 is 14.4 Å². The van der Waals surface area contributed by atoms with Crippen LogP contribution < -0.4 is 10.6 Å². The maximum atomic E-state index is 12.9. The quantitative estimate of drug-likeness (QED) is 0.674. The van der Waals surface area contributed by atoms with E-state index < -0.39 is 0 Å². The minimum Gasteiger partial charge on any atom is -0.352 e. The summed E-state index contributed by atoms with van der Waals surface area (Å²) >= 11 is 6.13. The Morgan fingerprint density at radius 2 is 1.94 bits per heavy atom. The highest BCUT2D eigenvalue weighted by Gasteiger charge is 2.25. The number of rotatable bonds is 7. The maximum Gasteiger partial charge on any atom is 0.253 e. The zero-order valence-corrected chi connectivity index (χ0v) is 18.5. The number of anilines is 1. The summed E-state index contributed by atoms with van der Waals surface area (Å²) in [6.45, 7) is 3.20. The number of carbonyl (C=O) groups is 3. The van der Waals surface area contributed by atoms with Crippen molar-refractivity contribution in [1.82, 2.24) is 10.2 Å². The summed E-state index contributed by atoms with van der Waals surface area (Å²) in [7, 11) is 0. The fourth-order valence-electron chi connectivity index (χ4n) is 3.86. The summed E-state index contributed by atoms with van der Waals surface area (Å²) in [6.07, 6.45) is 3.09. The van der Waals surface area contributed by atoms with Gasteiger partial charge in [0, 0.05) is 49.3 Å². The molecule has 6 nitrogen and oxygen atoms in total. The molecule has 0 radical (unpaired) electrons. The topological polar surface area (TPSA) is 78.5 Å². The molecule has 0 aromatic heterocycles. The van der Waals surface area contributed by atoms with Gasteiger partial charge in [-0.05, 0) is 55.0 Å². The van der Waals surface area contributed by atoms with Gasteiger partial charge in [0.1, 0.15) is 0 Å². The molecule has 0 bridgehead atoms. The highest BCUT2D eigenvalue weighted by Crippen LogP contribution is 2.23. The van der Waals surface area contributed by atoms with Crippen molar-refractivity contribution in [1.29, 1.82) is 0 Å². The zero-order chi connectivity index (χ0) is 22.2. The molecule has 1 saturated heterocycles. The number of halogens is 1. The summed E-state index contributed by atoms with van der Waals surface area (Å²) in [5, 5.41) is 6.28. The van der Waals surface area contributed by atoms with E-state index in [4.69, 9.17) is 11.6 Å². The van der Waals surface area contributed by atoms with Gasteiger partial charge in [-0.1, -0.05) is 35.9 Å². The van der Waals surface area contributed by atoms with Crippen LogP contribution in [-0.2, 0) is 16.1 Å². The van der Waals surface area contributed by atoms with Crippen LogP contribution in [0.3, 0.4) is 0 Å². The van der Waals surface area contributed by atoms with Gasteiger partial charge >= 0.3 is 0 Å². The fraction of sp³-hybridized carbons (Fsp3) is 0.375. The van der Waals surface area contributed by atoms with Crippen LogP contribution in [0.5, 0.6) is 0 Å². The predicted octanol–water partition coefficient (Wildman–Crippen LogP) is 4.25. The Kier molecular flexibility index (Phi) is 8.06. The van der Waals surface area contributed by atoms with E-state index in [0.29, 0.717) is 48.2 Å². The Labute approximate surface area is 188 Å². The second-order valence-corrected chi connectivity index (χ2v) is 8.34. The molecule has 1 unspecified atom stereocenters. The second kappa shape index (κ2) is 11.0. The molecule has 1 heterocycles. The number of piperidine rings is 1. The lowest BCUT2D eigenvalue weighted by Gasteiger charge is -2.33. The predicted molar refractivity (Wildman–Crippen MR) is 122 cm³/mol. The summed E-state index contributed by atoms with van der Waals surface area (Å²) < 4.78 is 0. The lowest BCUT2D eigenvalue weighted by Crippen LogP contribution is -2.40. The molecule has 0 saturated carbocycles. The molecule has 2 aromatic rings. The molecule has 3 rings (SSSR count). The standard InChI is InChI=1S/C24H28ClN3O3/c1-17(29)27-21-9-4-8-19(14-21)24(31)28-13-5-6-18(16-28)11-12-23(30)26-15-20-7-2-3-10-22(20)25/h2-4,7-10,14,18H,5-6,11-13,15-16H2,1H3,(H,26,30)(H,27,29). The Balaban J connectivity index is 1.49. The number of hydrogen-bond acceptors (Lipinski definition) is 3. The molecular formula is C24H28ClN3O3. The molecular weight excluding hydrogens is 414 g/mol. The van der Waals surface area contributed by atoms with E-state index in [-0.39, 0.29) is 17.7 Å². The van der Waals surface area contributed by atoms with Crippen LogP contribution in [0.15, 0.2) is 48.5 Å². The average molecular weight is 442 g/mol. The van der Waals surface area contributed by atoms with Crippen molar-refractivity contribution in [2.75, 3.05) is 18.4 Å². The van der Waals surface area contributed by atoms with Crippen LogP contribution in [0.4, 0.5) is 5.69 Å². The molecule has 164 valence electrons. The molecule has 2 N–H and O–H groups in total. The van der Waals surface area contributed by atoms with E-state index in [1.54, 1.807) is 24.3 Å². The first kappa shape index (κ1) is 22.8. The average Bonchev–Trinajstić information content (AvgIpc) is 2.76.